The average molecular weight is 250 g/mol. The molecular weight excluding hydrogens is 247 g/mol. The predicted octanol–water partition coefficient (Wildman–Crippen LogP) is -1.19. The Morgan fingerprint density at radius 3 is 1.00 bits per heavy atom. The summed E-state index contributed by atoms with van der Waals surface area (Å²) in [4.78, 5) is 0. The van der Waals surface area contributed by atoms with Crippen LogP contribution < -0.4 is 0 Å². The van der Waals surface area contributed by atoms with Gasteiger partial charge in [-0.1, -0.05) is 0 Å². The van der Waals surface area contributed by atoms with Gasteiger partial charge in [0.15, 0.2) is 17.4 Å². The molecule has 0 aromatic heterocycles. The Morgan fingerprint density at radius 1 is 1.00 bits per heavy atom. The summed E-state index contributed by atoms with van der Waals surface area (Å²) in [6.45, 7) is 0. The average Bonchev–Trinajstić information content (AvgIpc) is 0. The molecule has 0 unspecified atom stereocenters. The molecule has 0 amide bonds. The first-order chi connectivity index (χ1) is 0. The Morgan fingerprint density at radius 2 is 1.00 bits per heavy atom. The summed E-state index contributed by atoms with van der Waals surface area (Å²) in [5.41, 5.74) is 0. The van der Waals surface area contributed by atoms with E-state index in [1.54, 1.807) is 0 Å². The molecule has 5 heteroatoms. The molecule has 0 aliphatic rings. The van der Waals surface area contributed by atoms with Gasteiger partial charge in [0.25, 0.3) is 0 Å². The Labute approximate surface area is 88.2 Å². The maximum atomic E-state index is 0. The van der Waals surface area contributed by atoms with Gasteiger partial charge in [-0.3, -0.25) is 0 Å². The molecule has 0 saturated heterocycles. The van der Waals surface area contributed by atoms with Crippen molar-refractivity contribution in [2.45, 2.75) is 0 Å². The Balaban J connectivity index is 0. The summed E-state index contributed by atoms with van der Waals surface area (Å²) in [5.74, 6) is 0. The maximum Gasteiger partial charge on any atom is 0.187 e. The smallest absolute Gasteiger partial charge is 0 e. The zero-order chi connectivity index (χ0) is 0. The van der Waals surface area contributed by atoms with Crippen LogP contribution in [0.5, 0.6) is 0 Å². The topological polar surface area (TPSA) is 0 Å². The van der Waals surface area contributed by atoms with Crippen LogP contribution in [0.15, 0.2) is 0 Å². The molecule has 0 bridgehead atoms. The summed E-state index contributed by atoms with van der Waals surface area (Å²) >= 11 is 0. The van der Waals surface area contributed by atoms with Crippen LogP contribution in [0.4, 0.5) is 0 Å². The van der Waals surface area contributed by atoms with Gasteiger partial charge in [-0.05, 0) is 0 Å². The van der Waals surface area contributed by atoms with E-state index in [1.807, 2.05) is 0 Å². The van der Waals surface area contributed by atoms with Gasteiger partial charge in [0.2, 0.25) is 0 Å². The minimum absolute atomic E-state index is 0. The zero-order valence-electron chi connectivity index (χ0n) is 1.53. The fourth-order valence-corrected chi connectivity index (χ4v) is 0. The molecule has 0 fully saturated rings. The molecule has 0 saturated carbocycles. The van der Waals surface area contributed by atoms with Crippen LogP contribution in [0.1, 0.15) is 0 Å². The van der Waals surface area contributed by atoms with Crippen LogP contribution in [0.2, 0.25) is 0 Å². The SMILES string of the molecule is [AlH3].[Co].[Mn].[Ni].[Ti]. The number of rotatable bonds is 0. The quantitative estimate of drug-likeness (QED) is 0.474. The second-order valence-corrected chi connectivity index (χ2v) is 0. The molecule has 0 atom stereocenters. The molecule has 0 nitrogen and oxygen atoms in total. The Hall–Kier alpha value is 2.77. The van der Waals surface area contributed by atoms with E-state index in [1.165, 1.54) is 0 Å². The summed E-state index contributed by atoms with van der Waals surface area (Å²) in [7, 11) is 0. The molecule has 0 aliphatic heterocycles. The van der Waals surface area contributed by atoms with Crippen molar-refractivity contribution in [3.05, 3.63) is 0 Å². The van der Waals surface area contributed by atoms with E-state index in [4.69, 9.17) is 0 Å². The monoisotopic (exact) mass is 250 g/mol. The van der Waals surface area contributed by atoms with Crippen molar-refractivity contribution in [1.82, 2.24) is 0 Å². The van der Waals surface area contributed by atoms with Gasteiger partial charge in [-0.25, -0.2) is 0 Å². The van der Waals surface area contributed by atoms with E-state index in [0.717, 1.165) is 0 Å². The first-order valence-corrected chi connectivity index (χ1v) is 0. The third kappa shape index (κ3) is 20.1. The molecule has 0 aromatic carbocycles. The molecule has 0 heterocycles. The van der Waals surface area contributed by atoms with Crippen LogP contribution in [0.25, 0.3) is 0 Å². The van der Waals surface area contributed by atoms with Crippen molar-refractivity contribution in [2.75, 3.05) is 0 Å². The van der Waals surface area contributed by atoms with Crippen LogP contribution in [0.3, 0.4) is 0 Å². The molecule has 0 N–H and O–H groups in total. The second kappa shape index (κ2) is 29.4. The first-order valence-electron chi connectivity index (χ1n) is 0. The van der Waals surface area contributed by atoms with Crippen LogP contribution in [-0.2, 0) is 72.1 Å². The zero-order valence-corrected chi connectivity index (χ0v) is 6.30. The van der Waals surface area contributed by atoms with Gasteiger partial charge < -0.3 is 0 Å². The third-order valence-electron chi connectivity index (χ3n) is 0. The fourth-order valence-electron chi connectivity index (χ4n) is 0. The van der Waals surface area contributed by atoms with Crippen molar-refractivity contribution >= 4 is 17.4 Å². The van der Waals surface area contributed by atoms with E-state index in [0.29, 0.717) is 0 Å². The van der Waals surface area contributed by atoms with Crippen LogP contribution >= 0.6 is 0 Å². The van der Waals surface area contributed by atoms with E-state index < -0.39 is 0 Å². The van der Waals surface area contributed by atoms with Gasteiger partial charge >= 0.3 is 0 Å². The predicted molar refractivity (Wildman–Crippen MR) is 9.94 cm³/mol. The van der Waals surface area contributed by atoms with E-state index in [9.17, 15) is 0 Å². The van der Waals surface area contributed by atoms with Crippen molar-refractivity contribution < 1.29 is 72.1 Å². The number of hydrogen-bond acceptors (Lipinski definition) is 0. The van der Waals surface area contributed by atoms with Gasteiger partial charge in [0.1, 0.15) is 0 Å². The summed E-state index contributed by atoms with van der Waals surface area (Å²) in [5, 5.41) is 0. The fraction of sp³-hybridized carbons (Fsp3) is 0. The minimum Gasteiger partial charge on any atom is 0 e. The van der Waals surface area contributed by atoms with Gasteiger partial charge in [-0.2, -0.15) is 0 Å². The van der Waals surface area contributed by atoms with Gasteiger partial charge in [0.05, 0.1) is 0 Å². The summed E-state index contributed by atoms with van der Waals surface area (Å²) in [6, 6.07) is 0. The van der Waals surface area contributed by atoms with Crippen molar-refractivity contribution in [1.29, 1.82) is 0 Å². The standard InChI is InChI=1S/Al.Co.Mn.Ni.Ti.3H. The summed E-state index contributed by atoms with van der Waals surface area (Å²) in [6.07, 6.45) is 0. The molecule has 0 spiro atoms. The largest absolute Gasteiger partial charge is 0.187 e. The molecule has 0 rings (SSSR count). The third-order valence-corrected chi connectivity index (χ3v) is 0. The van der Waals surface area contributed by atoms with Crippen molar-refractivity contribution in [3.8, 4) is 0 Å². The maximum absolute atomic E-state index is 0. The Bertz CT molecular complexity index is 11.6. The normalized spacial score (nSPS) is 0. The number of hydrogen-bond donors (Lipinski definition) is 0. The summed E-state index contributed by atoms with van der Waals surface area (Å²) < 4.78 is 0. The second-order valence-electron chi connectivity index (χ2n) is 0. The molecule has 0 aliphatic carbocycles. The minimum atomic E-state index is 0. The molecule has 5 heavy (non-hydrogen) atoms. The molecule has 2 radical (unpaired) electrons. The van der Waals surface area contributed by atoms with E-state index in [-0.39, 0.29) is 89.4 Å². The van der Waals surface area contributed by atoms with Gasteiger partial charge in [0, 0.05) is 72.1 Å². The van der Waals surface area contributed by atoms with Crippen LogP contribution in [0, 0.1) is 0 Å². The van der Waals surface area contributed by atoms with E-state index >= 15 is 0 Å². The van der Waals surface area contributed by atoms with Crippen molar-refractivity contribution in [2.24, 2.45) is 0 Å². The van der Waals surface area contributed by atoms with Crippen molar-refractivity contribution in [3.63, 3.8) is 0 Å². The molecule has 36 valence electrons. The molecular formula is H3AlCoMnNiTi. The molecule has 0 aromatic rings. The van der Waals surface area contributed by atoms with Gasteiger partial charge in [-0.15, -0.1) is 0 Å². The van der Waals surface area contributed by atoms with E-state index in [2.05, 4.69) is 0 Å². The first kappa shape index (κ1) is 46.5. The Kier molecular flexibility index (Phi) is 273. The van der Waals surface area contributed by atoms with Crippen LogP contribution in [-0.4, -0.2) is 17.4 Å².